The molecule has 2 atom stereocenters. The third kappa shape index (κ3) is 3.87. The highest BCUT2D eigenvalue weighted by atomic mass is 16.5. The van der Waals surface area contributed by atoms with Crippen LogP contribution in [0.15, 0.2) is 10.9 Å². The lowest BCUT2D eigenvalue weighted by Crippen LogP contribution is -2.43. The molecule has 4 heterocycles. The van der Waals surface area contributed by atoms with Gasteiger partial charge in [-0.05, 0) is 62.0 Å². The van der Waals surface area contributed by atoms with E-state index < -0.39 is 0 Å². The van der Waals surface area contributed by atoms with E-state index in [0.717, 1.165) is 64.4 Å². The van der Waals surface area contributed by atoms with Crippen LogP contribution in [0.1, 0.15) is 43.3 Å². The van der Waals surface area contributed by atoms with Gasteiger partial charge in [0.15, 0.2) is 5.82 Å². The minimum absolute atomic E-state index is 0.204. The van der Waals surface area contributed by atoms with E-state index in [1.807, 2.05) is 6.92 Å². The Balaban J connectivity index is 1.32. The minimum Gasteiger partial charge on any atom is -0.377 e. The standard InChI is InChI=1S/C16H25N7O2/c1-12-18-16(25-19-12)14-3-2-10-24-15(14)13-4-6-22(7-5-13)8-9-23-11-17-20-21-23/h11,13-15H,2-10H2,1H3/t14-,15+/m1/s1. The highest BCUT2D eigenvalue weighted by molar-refractivity contribution is 5.01. The van der Waals surface area contributed by atoms with Gasteiger partial charge in [-0.2, -0.15) is 4.98 Å². The van der Waals surface area contributed by atoms with Crippen LogP contribution >= 0.6 is 0 Å². The van der Waals surface area contributed by atoms with Crippen LogP contribution < -0.4 is 0 Å². The van der Waals surface area contributed by atoms with Crippen LogP contribution in [-0.4, -0.2) is 67.6 Å². The molecule has 0 aromatic carbocycles. The fraction of sp³-hybridized carbons (Fsp3) is 0.812. The van der Waals surface area contributed by atoms with Crippen LogP contribution in [0.5, 0.6) is 0 Å². The summed E-state index contributed by atoms with van der Waals surface area (Å²) in [6, 6.07) is 0. The highest BCUT2D eigenvalue weighted by Crippen LogP contribution is 2.37. The van der Waals surface area contributed by atoms with Gasteiger partial charge in [0.05, 0.1) is 18.6 Å². The third-order valence-corrected chi connectivity index (χ3v) is 5.36. The number of aromatic nitrogens is 6. The molecule has 4 rings (SSSR count). The number of nitrogens with zero attached hydrogens (tertiary/aromatic N) is 7. The maximum absolute atomic E-state index is 6.17. The van der Waals surface area contributed by atoms with Crippen molar-refractivity contribution in [1.29, 1.82) is 0 Å². The van der Waals surface area contributed by atoms with Gasteiger partial charge in [0.25, 0.3) is 0 Å². The van der Waals surface area contributed by atoms with Gasteiger partial charge in [-0.25, -0.2) is 4.68 Å². The smallest absolute Gasteiger partial charge is 0.232 e. The maximum atomic E-state index is 6.17. The topological polar surface area (TPSA) is 95.0 Å². The lowest BCUT2D eigenvalue weighted by atomic mass is 9.81. The Bertz CT molecular complexity index is 651. The zero-order valence-corrected chi connectivity index (χ0v) is 14.6. The Morgan fingerprint density at radius 2 is 2.08 bits per heavy atom. The second-order valence-corrected chi connectivity index (χ2v) is 7.02. The van der Waals surface area contributed by atoms with Crippen molar-refractivity contribution < 1.29 is 9.26 Å². The van der Waals surface area contributed by atoms with Gasteiger partial charge in [-0.1, -0.05) is 5.16 Å². The summed E-state index contributed by atoms with van der Waals surface area (Å²) in [5, 5.41) is 15.2. The van der Waals surface area contributed by atoms with Crippen molar-refractivity contribution >= 4 is 0 Å². The molecule has 0 unspecified atom stereocenters. The number of likely N-dealkylation sites (tertiary alicyclic amines) is 1. The molecular weight excluding hydrogens is 322 g/mol. The van der Waals surface area contributed by atoms with E-state index in [4.69, 9.17) is 9.26 Å². The summed E-state index contributed by atoms with van der Waals surface area (Å²) in [5.41, 5.74) is 0. The van der Waals surface area contributed by atoms with Crippen molar-refractivity contribution in [2.24, 2.45) is 5.92 Å². The van der Waals surface area contributed by atoms with Crippen molar-refractivity contribution in [2.45, 2.75) is 51.2 Å². The number of hydrogen-bond acceptors (Lipinski definition) is 8. The molecule has 136 valence electrons. The van der Waals surface area contributed by atoms with Gasteiger partial charge in [0.2, 0.25) is 5.89 Å². The molecule has 0 radical (unpaired) electrons. The summed E-state index contributed by atoms with van der Waals surface area (Å²) in [5.74, 6) is 2.26. The number of piperidine rings is 1. The summed E-state index contributed by atoms with van der Waals surface area (Å²) < 4.78 is 13.4. The van der Waals surface area contributed by atoms with Crippen molar-refractivity contribution in [2.75, 3.05) is 26.2 Å². The van der Waals surface area contributed by atoms with E-state index in [9.17, 15) is 0 Å². The number of hydrogen-bond donors (Lipinski definition) is 0. The van der Waals surface area contributed by atoms with E-state index >= 15 is 0 Å². The van der Waals surface area contributed by atoms with E-state index in [1.54, 1.807) is 11.0 Å². The summed E-state index contributed by atoms with van der Waals surface area (Å²) >= 11 is 0. The van der Waals surface area contributed by atoms with Crippen molar-refractivity contribution in [3.63, 3.8) is 0 Å². The van der Waals surface area contributed by atoms with Crippen LogP contribution in [0, 0.1) is 12.8 Å². The van der Waals surface area contributed by atoms with Crippen molar-refractivity contribution in [1.82, 2.24) is 35.2 Å². The van der Waals surface area contributed by atoms with Gasteiger partial charge < -0.3 is 14.2 Å². The number of rotatable bonds is 5. The van der Waals surface area contributed by atoms with E-state index in [0.29, 0.717) is 11.7 Å². The molecular formula is C16H25N7O2. The molecule has 0 N–H and O–H groups in total. The Kier molecular flexibility index (Phi) is 5.02. The zero-order valence-electron chi connectivity index (χ0n) is 14.6. The molecule has 0 amide bonds. The summed E-state index contributed by atoms with van der Waals surface area (Å²) in [4.78, 5) is 6.94. The van der Waals surface area contributed by atoms with Crippen molar-refractivity contribution in [3.8, 4) is 0 Å². The first kappa shape index (κ1) is 16.6. The molecule has 9 nitrogen and oxygen atoms in total. The first-order valence-corrected chi connectivity index (χ1v) is 9.14. The molecule has 0 bridgehead atoms. The monoisotopic (exact) mass is 347 g/mol. The van der Waals surface area contributed by atoms with E-state index in [1.165, 1.54) is 0 Å². The Labute approximate surface area is 146 Å². The van der Waals surface area contributed by atoms with Crippen LogP contribution in [-0.2, 0) is 11.3 Å². The second kappa shape index (κ2) is 7.57. The fourth-order valence-electron chi connectivity index (χ4n) is 4.03. The van der Waals surface area contributed by atoms with E-state index in [-0.39, 0.29) is 12.0 Å². The Morgan fingerprint density at radius 3 is 2.80 bits per heavy atom. The van der Waals surface area contributed by atoms with Crippen LogP contribution in [0.2, 0.25) is 0 Å². The molecule has 2 aliphatic heterocycles. The van der Waals surface area contributed by atoms with E-state index in [2.05, 4.69) is 30.6 Å². The van der Waals surface area contributed by atoms with Crippen molar-refractivity contribution in [3.05, 3.63) is 18.0 Å². The molecule has 2 saturated heterocycles. The quantitative estimate of drug-likeness (QED) is 0.792. The molecule has 2 fully saturated rings. The van der Waals surface area contributed by atoms with Crippen LogP contribution in [0.4, 0.5) is 0 Å². The molecule has 2 aliphatic rings. The Hall–Kier alpha value is -1.87. The SMILES string of the molecule is Cc1noc([C@@H]2CCCO[C@H]2C2CCN(CCn3cnnn3)CC2)n1. The number of tetrazole rings is 1. The largest absolute Gasteiger partial charge is 0.377 e. The molecule has 0 aliphatic carbocycles. The van der Waals surface area contributed by atoms with Crippen LogP contribution in [0.3, 0.4) is 0 Å². The predicted octanol–water partition coefficient (Wildman–Crippen LogP) is 1.04. The molecule has 0 spiro atoms. The van der Waals surface area contributed by atoms with Gasteiger partial charge >= 0.3 is 0 Å². The maximum Gasteiger partial charge on any atom is 0.232 e. The lowest BCUT2D eigenvalue weighted by molar-refractivity contribution is -0.0581. The average molecular weight is 347 g/mol. The normalized spacial score (nSPS) is 26.1. The Morgan fingerprint density at radius 1 is 1.20 bits per heavy atom. The minimum atomic E-state index is 0.204. The zero-order chi connectivity index (χ0) is 17.1. The van der Waals surface area contributed by atoms with Gasteiger partial charge in [0, 0.05) is 13.2 Å². The fourth-order valence-corrected chi connectivity index (χ4v) is 4.03. The molecule has 2 aromatic rings. The number of ether oxygens (including phenoxy) is 1. The average Bonchev–Trinajstić information content (AvgIpc) is 3.32. The summed E-state index contributed by atoms with van der Waals surface area (Å²) in [6.07, 6.45) is 6.29. The first-order valence-electron chi connectivity index (χ1n) is 9.14. The number of aryl methyl sites for hydroxylation is 1. The van der Waals surface area contributed by atoms with Gasteiger partial charge in [-0.15, -0.1) is 5.10 Å². The van der Waals surface area contributed by atoms with Crippen LogP contribution in [0.25, 0.3) is 0 Å². The third-order valence-electron chi connectivity index (χ3n) is 5.36. The van der Waals surface area contributed by atoms with Gasteiger partial charge in [-0.3, -0.25) is 0 Å². The molecule has 25 heavy (non-hydrogen) atoms. The molecule has 2 aromatic heterocycles. The summed E-state index contributed by atoms with van der Waals surface area (Å²) in [6.45, 7) is 6.70. The predicted molar refractivity (Wildman–Crippen MR) is 87.7 cm³/mol. The first-order chi connectivity index (χ1) is 12.3. The molecule has 0 saturated carbocycles. The van der Waals surface area contributed by atoms with Gasteiger partial charge in [0.1, 0.15) is 6.33 Å². The summed E-state index contributed by atoms with van der Waals surface area (Å²) in [7, 11) is 0. The highest BCUT2D eigenvalue weighted by Gasteiger charge is 2.38. The lowest BCUT2D eigenvalue weighted by Gasteiger charge is -2.40. The second-order valence-electron chi connectivity index (χ2n) is 7.02. The molecule has 9 heteroatoms.